The molecule has 0 heterocycles. The van der Waals surface area contributed by atoms with E-state index < -0.39 is 0 Å². The summed E-state index contributed by atoms with van der Waals surface area (Å²) in [6, 6.07) is 0. The molecule has 0 spiro atoms. The molecule has 0 N–H and O–H groups in total. The normalized spacial score (nSPS) is 13.8. The Kier molecular flexibility index (Phi) is 7.46. The number of aldehydes is 1. The molecule has 0 rings (SSSR count). The van der Waals surface area contributed by atoms with Gasteiger partial charge < -0.3 is 9.53 Å². The summed E-state index contributed by atoms with van der Waals surface area (Å²) in [6.07, 6.45) is 3.17. The minimum Gasteiger partial charge on any atom is -0.373 e. The highest BCUT2D eigenvalue weighted by Crippen LogP contribution is 2.05. The highest BCUT2D eigenvalue weighted by atomic mass is 16.5. The highest BCUT2D eigenvalue weighted by Gasteiger charge is 2.10. The molecule has 4 heteroatoms. The molecule has 0 amide bonds. The highest BCUT2D eigenvalue weighted by molar-refractivity contribution is 5.49. The Morgan fingerprint density at radius 1 is 1.44 bits per heavy atom. The number of hydrazone groups is 1. The van der Waals surface area contributed by atoms with E-state index >= 15 is 0 Å². The van der Waals surface area contributed by atoms with E-state index in [1.54, 1.807) is 5.01 Å². The van der Waals surface area contributed by atoms with Crippen molar-refractivity contribution in [1.82, 2.24) is 5.01 Å². The molecule has 2 atom stereocenters. The van der Waals surface area contributed by atoms with Crippen molar-refractivity contribution in [2.24, 2.45) is 5.10 Å². The van der Waals surface area contributed by atoms with Crippen LogP contribution in [-0.4, -0.2) is 36.8 Å². The van der Waals surface area contributed by atoms with E-state index in [-0.39, 0.29) is 12.2 Å². The lowest BCUT2D eigenvalue weighted by Crippen LogP contribution is -2.28. The van der Waals surface area contributed by atoms with Gasteiger partial charge in [-0.15, -0.1) is 0 Å². The molecule has 2 unspecified atom stereocenters. The number of allylic oxidation sites excluding steroid dienone is 1. The van der Waals surface area contributed by atoms with Gasteiger partial charge in [-0.05, 0) is 27.7 Å². The number of ether oxygens (including phenoxy) is 1. The third-order valence-electron chi connectivity index (χ3n) is 1.93. The molecule has 0 aromatic rings. The number of carbonyl (C=O) groups excluding carboxylic acids is 1. The Labute approximate surface area is 98.0 Å². The predicted molar refractivity (Wildman–Crippen MR) is 66.4 cm³/mol. The second-order valence-electron chi connectivity index (χ2n) is 4.13. The number of carbonyl (C=O) groups is 1. The minimum absolute atomic E-state index is 0.0102. The Hall–Kier alpha value is -1.16. The molecule has 0 aromatic carbocycles. The van der Waals surface area contributed by atoms with Gasteiger partial charge in [-0.1, -0.05) is 5.57 Å². The van der Waals surface area contributed by atoms with Crippen molar-refractivity contribution in [1.29, 1.82) is 0 Å². The lowest BCUT2D eigenvalue weighted by molar-refractivity contribution is -0.111. The maximum atomic E-state index is 10.3. The average Bonchev–Trinajstić information content (AvgIpc) is 2.15. The average molecular weight is 226 g/mol. The lowest BCUT2D eigenvalue weighted by Gasteiger charge is -2.22. The molecule has 0 aromatic heterocycles. The summed E-state index contributed by atoms with van der Waals surface area (Å²) in [6.45, 7) is 12.0. The van der Waals surface area contributed by atoms with Crippen LogP contribution >= 0.6 is 0 Å². The second-order valence-corrected chi connectivity index (χ2v) is 4.13. The van der Waals surface area contributed by atoms with Crippen LogP contribution in [0.3, 0.4) is 0 Å². The predicted octanol–water partition coefficient (Wildman–Crippen LogP) is 2.21. The third-order valence-corrected chi connectivity index (χ3v) is 1.93. The molecular formula is C12H22N2O2. The number of rotatable bonds is 8. The van der Waals surface area contributed by atoms with Gasteiger partial charge in [0.2, 0.25) is 0 Å². The van der Waals surface area contributed by atoms with Crippen LogP contribution in [0.4, 0.5) is 0 Å². The van der Waals surface area contributed by atoms with Crippen LogP contribution < -0.4 is 0 Å². The first kappa shape index (κ1) is 14.8. The SMILES string of the molecule is C=NN(C=C(C)C)CC(C)OC(C)CC=O. The lowest BCUT2D eigenvalue weighted by atomic mass is 10.3. The first-order valence-corrected chi connectivity index (χ1v) is 5.47. The van der Waals surface area contributed by atoms with E-state index in [2.05, 4.69) is 11.8 Å². The molecule has 0 aliphatic heterocycles. The van der Waals surface area contributed by atoms with Crippen molar-refractivity contribution < 1.29 is 9.53 Å². The Bertz CT molecular complexity index is 247. The topological polar surface area (TPSA) is 41.9 Å². The first-order chi connectivity index (χ1) is 7.49. The van der Waals surface area contributed by atoms with E-state index in [1.807, 2.05) is 33.9 Å². The smallest absolute Gasteiger partial charge is 0.122 e. The van der Waals surface area contributed by atoms with Gasteiger partial charge in [-0.3, -0.25) is 5.01 Å². The van der Waals surface area contributed by atoms with Gasteiger partial charge in [0.15, 0.2) is 0 Å². The van der Waals surface area contributed by atoms with Gasteiger partial charge >= 0.3 is 0 Å². The summed E-state index contributed by atoms with van der Waals surface area (Å²) >= 11 is 0. The molecule has 16 heavy (non-hydrogen) atoms. The summed E-state index contributed by atoms with van der Waals surface area (Å²) in [7, 11) is 0. The summed E-state index contributed by atoms with van der Waals surface area (Å²) in [5, 5.41) is 5.62. The fraction of sp³-hybridized carbons (Fsp3) is 0.667. The number of nitrogens with zero attached hydrogens (tertiary/aromatic N) is 2. The van der Waals surface area contributed by atoms with Crippen LogP contribution in [-0.2, 0) is 9.53 Å². The maximum Gasteiger partial charge on any atom is 0.122 e. The van der Waals surface area contributed by atoms with Crippen LogP contribution in [0.1, 0.15) is 34.1 Å². The molecule has 0 saturated carbocycles. The zero-order chi connectivity index (χ0) is 12.6. The van der Waals surface area contributed by atoms with Crippen molar-refractivity contribution in [3.63, 3.8) is 0 Å². The van der Waals surface area contributed by atoms with Crippen molar-refractivity contribution in [3.05, 3.63) is 11.8 Å². The van der Waals surface area contributed by atoms with E-state index in [0.29, 0.717) is 13.0 Å². The van der Waals surface area contributed by atoms with E-state index in [1.165, 1.54) is 0 Å². The monoisotopic (exact) mass is 226 g/mol. The summed E-state index contributed by atoms with van der Waals surface area (Å²) in [5.41, 5.74) is 1.15. The minimum atomic E-state index is -0.0501. The zero-order valence-corrected chi connectivity index (χ0v) is 10.6. The Balaban J connectivity index is 4.10. The second kappa shape index (κ2) is 8.05. The van der Waals surface area contributed by atoms with Crippen molar-refractivity contribution in [3.8, 4) is 0 Å². The van der Waals surface area contributed by atoms with Crippen molar-refractivity contribution >= 4 is 13.0 Å². The fourth-order valence-corrected chi connectivity index (χ4v) is 1.34. The fourth-order valence-electron chi connectivity index (χ4n) is 1.34. The van der Waals surface area contributed by atoms with Crippen LogP contribution in [0.25, 0.3) is 0 Å². The van der Waals surface area contributed by atoms with E-state index in [9.17, 15) is 4.79 Å². The Morgan fingerprint density at radius 3 is 2.50 bits per heavy atom. The molecule has 0 aliphatic rings. The van der Waals surface area contributed by atoms with E-state index in [0.717, 1.165) is 11.9 Å². The summed E-state index contributed by atoms with van der Waals surface area (Å²) in [5.74, 6) is 0. The van der Waals surface area contributed by atoms with Gasteiger partial charge in [0.1, 0.15) is 6.29 Å². The zero-order valence-electron chi connectivity index (χ0n) is 10.6. The largest absolute Gasteiger partial charge is 0.373 e. The molecule has 0 radical (unpaired) electrons. The summed E-state index contributed by atoms with van der Waals surface area (Å²) in [4.78, 5) is 10.3. The quantitative estimate of drug-likeness (QED) is 0.362. The third kappa shape index (κ3) is 7.17. The standard InChI is InChI=1S/C12H22N2O2/c1-10(2)8-14(13-5)9-12(4)16-11(3)6-7-15/h7-8,11-12H,5-6,9H2,1-4H3. The van der Waals surface area contributed by atoms with Crippen LogP contribution in [0.5, 0.6) is 0 Å². The molecule has 0 aliphatic carbocycles. The van der Waals surface area contributed by atoms with Crippen LogP contribution in [0.2, 0.25) is 0 Å². The molecular weight excluding hydrogens is 204 g/mol. The van der Waals surface area contributed by atoms with Gasteiger partial charge in [0, 0.05) is 19.3 Å². The number of hydrogen-bond acceptors (Lipinski definition) is 4. The molecule has 0 bridgehead atoms. The van der Waals surface area contributed by atoms with Gasteiger partial charge in [-0.25, -0.2) is 0 Å². The van der Waals surface area contributed by atoms with Crippen molar-refractivity contribution in [2.45, 2.75) is 46.3 Å². The summed E-state index contributed by atoms with van der Waals surface area (Å²) < 4.78 is 5.61. The molecule has 92 valence electrons. The van der Waals surface area contributed by atoms with Gasteiger partial charge in [-0.2, -0.15) is 5.10 Å². The van der Waals surface area contributed by atoms with E-state index in [4.69, 9.17) is 4.74 Å². The van der Waals surface area contributed by atoms with Crippen molar-refractivity contribution in [2.75, 3.05) is 6.54 Å². The van der Waals surface area contributed by atoms with Gasteiger partial charge in [0.05, 0.1) is 18.8 Å². The van der Waals surface area contributed by atoms with Gasteiger partial charge in [0.25, 0.3) is 0 Å². The van der Waals surface area contributed by atoms with Crippen LogP contribution in [0, 0.1) is 0 Å². The molecule has 0 saturated heterocycles. The molecule has 4 nitrogen and oxygen atoms in total. The van der Waals surface area contributed by atoms with Crippen LogP contribution in [0.15, 0.2) is 16.9 Å². The number of hydrogen-bond donors (Lipinski definition) is 0. The Morgan fingerprint density at radius 2 is 2.06 bits per heavy atom. The first-order valence-electron chi connectivity index (χ1n) is 5.47. The maximum absolute atomic E-state index is 10.3. The molecule has 0 fully saturated rings.